The highest BCUT2D eigenvalue weighted by Crippen LogP contribution is 2.35. The van der Waals surface area contributed by atoms with Crippen molar-refractivity contribution in [3.63, 3.8) is 0 Å². The Morgan fingerprint density at radius 3 is 2.85 bits per heavy atom. The highest BCUT2D eigenvalue weighted by atomic mass is 79.9. The number of fused-ring (bicyclic) bond motifs is 1. The van der Waals surface area contributed by atoms with E-state index in [1.54, 1.807) is 23.1 Å². The second-order valence-corrected chi connectivity index (χ2v) is 6.18. The number of benzene rings is 1. The van der Waals surface area contributed by atoms with Crippen molar-refractivity contribution in [1.82, 2.24) is 0 Å². The third-order valence-corrected chi connectivity index (χ3v) is 4.78. The lowest BCUT2D eigenvalue weighted by Crippen LogP contribution is -1.72. The van der Waals surface area contributed by atoms with Gasteiger partial charge in [-0.05, 0) is 45.8 Å². The number of thioether (sulfide) groups is 1. The van der Waals surface area contributed by atoms with Crippen LogP contribution in [0.15, 0.2) is 31.8 Å². The summed E-state index contributed by atoms with van der Waals surface area (Å²) >= 11 is 11.3. The van der Waals surface area contributed by atoms with E-state index in [1.807, 2.05) is 0 Å². The van der Waals surface area contributed by atoms with Gasteiger partial charge in [-0.2, -0.15) is 0 Å². The van der Waals surface area contributed by atoms with Crippen LogP contribution in [0.4, 0.5) is 0 Å². The molecule has 0 amide bonds. The van der Waals surface area contributed by atoms with E-state index in [-0.39, 0.29) is 0 Å². The number of rotatable bonds is 1. The van der Waals surface area contributed by atoms with E-state index in [4.69, 9.17) is 0 Å². The predicted molar refractivity (Wildman–Crippen MR) is 68.6 cm³/mol. The van der Waals surface area contributed by atoms with Crippen molar-refractivity contribution in [2.45, 2.75) is 9.10 Å². The molecule has 0 nitrogen and oxygen atoms in total. The average Bonchev–Trinajstić information content (AvgIpc) is 2.42. The fourth-order valence-electron chi connectivity index (χ4n) is 1.18. The summed E-state index contributed by atoms with van der Waals surface area (Å²) in [4.78, 5) is 1.28. The molecule has 0 spiro atoms. The summed E-state index contributed by atoms with van der Waals surface area (Å²) in [6.07, 6.45) is 2.08. The summed E-state index contributed by atoms with van der Waals surface area (Å²) in [5.41, 5.74) is 0. The Morgan fingerprint density at radius 2 is 2.15 bits per heavy atom. The van der Waals surface area contributed by atoms with Crippen molar-refractivity contribution < 1.29 is 0 Å². The molecule has 1 aromatic carbocycles. The minimum Gasteiger partial charge on any atom is -0.133 e. The molecule has 1 heterocycles. The van der Waals surface area contributed by atoms with E-state index in [1.165, 1.54) is 19.5 Å². The van der Waals surface area contributed by atoms with Crippen LogP contribution in [0, 0.1) is 0 Å². The Balaban J connectivity index is 2.72. The fourth-order valence-corrected chi connectivity index (χ4v) is 3.92. The summed E-state index contributed by atoms with van der Waals surface area (Å²) in [6.45, 7) is 0. The van der Waals surface area contributed by atoms with Gasteiger partial charge in [0.1, 0.15) is 0 Å². The Kier molecular flexibility index (Phi) is 2.93. The van der Waals surface area contributed by atoms with Gasteiger partial charge in [0.25, 0.3) is 0 Å². The molecule has 0 unspecified atom stereocenters. The van der Waals surface area contributed by atoms with Gasteiger partial charge in [0, 0.05) is 14.1 Å². The summed E-state index contributed by atoms with van der Waals surface area (Å²) in [6, 6.07) is 6.46. The smallest absolute Gasteiger partial charge is 0.0580 e. The Hall–Kier alpha value is 0.360. The largest absolute Gasteiger partial charge is 0.133 e. The molecule has 0 aliphatic rings. The summed E-state index contributed by atoms with van der Waals surface area (Å²) in [7, 11) is 0. The van der Waals surface area contributed by atoms with Crippen LogP contribution in [0.3, 0.4) is 0 Å². The van der Waals surface area contributed by atoms with Gasteiger partial charge in [0.05, 0.1) is 4.21 Å². The van der Waals surface area contributed by atoms with Crippen LogP contribution in [0.5, 0.6) is 0 Å². The van der Waals surface area contributed by atoms with Crippen LogP contribution in [-0.4, -0.2) is 6.26 Å². The SMILES string of the molecule is CSc1cc2cc(S)sc2cc1Br. The first kappa shape index (κ1) is 9.90. The number of hydrogen-bond acceptors (Lipinski definition) is 3. The highest BCUT2D eigenvalue weighted by molar-refractivity contribution is 9.10. The van der Waals surface area contributed by atoms with Gasteiger partial charge in [-0.15, -0.1) is 35.7 Å². The van der Waals surface area contributed by atoms with Gasteiger partial charge in [-0.1, -0.05) is 0 Å². The van der Waals surface area contributed by atoms with Gasteiger partial charge in [-0.25, -0.2) is 0 Å². The Morgan fingerprint density at radius 1 is 1.38 bits per heavy atom. The highest BCUT2D eigenvalue weighted by Gasteiger charge is 2.04. The quantitative estimate of drug-likeness (QED) is 0.588. The second kappa shape index (κ2) is 3.85. The number of thiol groups is 1. The average molecular weight is 291 g/mol. The molecular weight excluding hydrogens is 284 g/mol. The van der Waals surface area contributed by atoms with Crippen LogP contribution in [0.25, 0.3) is 10.1 Å². The minimum atomic E-state index is 1.07. The number of halogens is 1. The van der Waals surface area contributed by atoms with Crippen molar-refractivity contribution >= 4 is 61.7 Å². The molecule has 0 saturated heterocycles. The molecule has 0 N–H and O–H groups in total. The molecule has 68 valence electrons. The molecule has 0 aliphatic carbocycles. The maximum atomic E-state index is 4.34. The molecule has 0 fully saturated rings. The van der Waals surface area contributed by atoms with Gasteiger partial charge < -0.3 is 0 Å². The molecule has 4 heteroatoms. The van der Waals surface area contributed by atoms with Gasteiger partial charge in [0.15, 0.2) is 0 Å². The van der Waals surface area contributed by atoms with Crippen molar-refractivity contribution in [3.05, 3.63) is 22.7 Å². The van der Waals surface area contributed by atoms with Gasteiger partial charge in [-0.3, -0.25) is 0 Å². The van der Waals surface area contributed by atoms with Crippen molar-refractivity contribution in [1.29, 1.82) is 0 Å². The summed E-state index contributed by atoms with van der Waals surface area (Å²) in [5.74, 6) is 0. The van der Waals surface area contributed by atoms with Crippen LogP contribution in [0.2, 0.25) is 0 Å². The summed E-state index contributed by atoms with van der Waals surface area (Å²) < 4.78 is 3.53. The van der Waals surface area contributed by atoms with Crippen LogP contribution in [0.1, 0.15) is 0 Å². The Labute approximate surface area is 99.3 Å². The molecule has 2 aromatic rings. The van der Waals surface area contributed by atoms with Crippen molar-refractivity contribution in [3.8, 4) is 0 Å². The lowest BCUT2D eigenvalue weighted by molar-refractivity contribution is 1.46. The van der Waals surface area contributed by atoms with Crippen molar-refractivity contribution in [2.24, 2.45) is 0 Å². The van der Waals surface area contributed by atoms with Crippen LogP contribution < -0.4 is 0 Å². The lowest BCUT2D eigenvalue weighted by atomic mass is 10.3. The molecule has 0 radical (unpaired) electrons. The zero-order valence-electron chi connectivity index (χ0n) is 6.87. The Bertz CT molecular complexity index is 447. The first-order valence-corrected chi connectivity index (χ1v) is 6.95. The third kappa shape index (κ3) is 1.91. The monoisotopic (exact) mass is 290 g/mol. The molecular formula is C9H7BrS3. The van der Waals surface area contributed by atoms with E-state index >= 15 is 0 Å². The maximum absolute atomic E-state index is 4.34. The zero-order chi connectivity index (χ0) is 9.42. The first-order valence-electron chi connectivity index (χ1n) is 3.67. The molecule has 0 aliphatic heterocycles. The maximum Gasteiger partial charge on any atom is 0.0580 e. The van der Waals surface area contributed by atoms with Crippen LogP contribution >= 0.6 is 51.7 Å². The van der Waals surface area contributed by atoms with Crippen molar-refractivity contribution in [2.75, 3.05) is 6.26 Å². The van der Waals surface area contributed by atoms with E-state index in [9.17, 15) is 0 Å². The van der Waals surface area contributed by atoms with E-state index in [0.29, 0.717) is 0 Å². The first-order chi connectivity index (χ1) is 6.20. The molecule has 0 atom stereocenters. The number of thiophene rings is 1. The van der Waals surface area contributed by atoms with Crippen LogP contribution in [-0.2, 0) is 0 Å². The fraction of sp³-hybridized carbons (Fsp3) is 0.111. The summed E-state index contributed by atoms with van der Waals surface area (Å²) in [5, 5.41) is 1.28. The molecule has 0 bridgehead atoms. The lowest BCUT2D eigenvalue weighted by Gasteiger charge is -1.99. The standard InChI is InChI=1S/C9H7BrS3/c1-12-8-2-5-3-9(11)13-7(5)4-6(8)10/h2-4,11H,1H3. The van der Waals surface area contributed by atoms with E-state index < -0.39 is 0 Å². The minimum absolute atomic E-state index is 1.07. The molecule has 13 heavy (non-hydrogen) atoms. The zero-order valence-corrected chi connectivity index (χ0v) is 11.0. The second-order valence-electron chi connectivity index (χ2n) is 2.61. The van der Waals surface area contributed by atoms with E-state index in [0.717, 1.165) is 4.21 Å². The van der Waals surface area contributed by atoms with Gasteiger partial charge in [0.2, 0.25) is 0 Å². The van der Waals surface area contributed by atoms with Gasteiger partial charge >= 0.3 is 0 Å². The normalized spacial score (nSPS) is 11.0. The topological polar surface area (TPSA) is 0 Å². The predicted octanol–water partition coefficient (Wildman–Crippen LogP) is 4.67. The molecule has 0 saturated carbocycles. The molecule has 1 aromatic heterocycles. The number of hydrogen-bond donors (Lipinski definition) is 1. The van der Waals surface area contributed by atoms with E-state index in [2.05, 4.69) is 53.0 Å². The third-order valence-electron chi connectivity index (χ3n) is 1.78. The molecule has 2 rings (SSSR count).